The molecule has 0 saturated heterocycles. The van der Waals surface area contributed by atoms with E-state index in [1.165, 1.54) is 6.07 Å². The molecule has 80 valence electrons. The second-order valence-electron chi connectivity index (χ2n) is 2.96. The number of alkyl halides is 3. The predicted molar refractivity (Wildman–Crippen MR) is 47.4 cm³/mol. The van der Waals surface area contributed by atoms with Crippen molar-refractivity contribution in [1.82, 2.24) is 0 Å². The summed E-state index contributed by atoms with van der Waals surface area (Å²) in [5, 5.41) is 8.72. The van der Waals surface area contributed by atoms with Crippen LogP contribution in [0.15, 0.2) is 18.2 Å². The maximum Gasteiger partial charge on any atom is 0.422 e. The van der Waals surface area contributed by atoms with E-state index in [2.05, 4.69) is 4.74 Å². The summed E-state index contributed by atoms with van der Waals surface area (Å²) in [7, 11) is 0. The van der Waals surface area contributed by atoms with Gasteiger partial charge in [0.05, 0.1) is 5.56 Å². The van der Waals surface area contributed by atoms with Gasteiger partial charge in [0.15, 0.2) is 6.61 Å². The zero-order valence-electron chi connectivity index (χ0n) is 7.93. The number of hydrogen-bond acceptors (Lipinski definition) is 2. The molecule has 0 spiro atoms. The van der Waals surface area contributed by atoms with Crippen LogP contribution in [-0.2, 0) is 0 Å². The molecule has 0 saturated carbocycles. The van der Waals surface area contributed by atoms with Gasteiger partial charge in [-0.3, -0.25) is 0 Å². The molecule has 0 amide bonds. The van der Waals surface area contributed by atoms with Gasteiger partial charge in [-0.1, -0.05) is 12.1 Å². The molecule has 0 atom stereocenters. The second kappa shape index (κ2) is 4.22. The highest BCUT2D eigenvalue weighted by molar-refractivity contribution is 5.48. The summed E-state index contributed by atoms with van der Waals surface area (Å²) in [6, 6.07) is 6.33. The van der Waals surface area contributed by atoms with Gasteiger partial charge in [-0.05, 0) is 18.6 Å². The van der Waals surface area contributed by atoms with Gasteiger partial charge in [-0.15, -0.1) is 0 Å². The van der Waals surface area contributed by atoms with Crippen molar-refractivity contribution in [2.45, 2.75) is 13.1 Å². The van der Waals surface area contributed by atoms with Crippen LogP contribution in [-0.4, -0.2) is 12.8 Å². The topological polar surface area (TPSA) is 33.0 Å². The Hall–Kier alpha value is -1.70. The van der Waals surface area contributed by atoms with Gasteiger partial charge in [-0.2, -0.15) is 18.4 Å². The molecule has 2 nitrogen and oxygen atoms in total. The minimum atomic E-state index is -4.39. The van der Waals surface area contributed by atoms with E-state index in [0.29, 0.717) is 5.56 Å². The molecular formula is C10H8F3NO. The number of rotatable bonds is 2. The van der Waals surface area contributed by atoms with Crippen LogP contribution < -0.4 is 4.74 Å². The van der Waals surface area contributed by atoms with Crippen LogP contribution in [0.2, 0.25) is 0 Å². The van der Waals surface area contributed by atoms with E-state index in [1.807, 2.05) is 6.07 Å². The van der Waals surface area contributed by atoms with Gasteiger partial charge in [0.2, 0.25) is 0 Å². The Balaban J connectivity index is 2.87. The zero-order chi connectivity index (χ0) is 11.5. The number of benzene rings is 1. The number of hydrogen-bond donors (Lipinski definition) is 0. The molecule has 0 unspecified atom stereocenters. The first kappa shape index (κ1) is 11.4. The quantitative estimate of drug-likeness (QED) is 0.759. The van der Waals surface area contributed by atoms with E-state index < -0.39 is 12.8 Å². The minimum Gasteiger partial charge on any atom is -0.483 e. The molecule has 0 aliphatic rings. The van der Waals surface area contributed by atoms with Crippen molar-refractivity contribution in [2.24, 2.45) is 0 Å². The lowest BCUT2D eigenvalue weighted by Gasteiger charge is -2.11. The third-order valence-corrected chi connectivity index (χ3v) is 1.74. The van der Waals surface area contributed by atoms with Gasteiger partial charge in [-0.25, -0.2) is 0 Å². The smallest absolute Gasteiger partial charge is 0.422 e. The molecule has 5 heteroatoms. The largest absolute Gasteiger partial charge is 0.483 e. The fourth-order valence-electron chi connectivity index (χ4n) is 1.06. The lowest BCUT2D eigenvalue weighted by Crippen LogP contribution is -2.19. The number of nitrogens with zero attached hydrogens (tertiary/aromatic N) is 1. The normalized spacial score (nSPS) is 10.9. The maximum atomic E-state index is 11.9. The molecular weight excluding hydrogens is 207 g/mol. The van der Waals surface area contributed by atoms with Crippen LogP contribution >= 0.6 is 0 Å². The fourth-order valence-corrected chi connectivity index (χ4v) is 1.06. The molecule has 0 radical (unpaired) electrons. The van der Waals surface area contributed by atoms with E-state index in [1.54, 1.807) is 19.1 Å². The molecule has 0 aliphatic heterocycles. The molecule has 0 N–H and O–H groups in total. The highest BCUT2D eigenvalue weighted by Crippen LogP contribution is 2.23. The summed E-state index contributed by atoms with van der Waals surface area (Å²) < 4.78 is 40.1. The molecule has 0 aromatic heterocycles. The van der Waals surface area contributed by atoms with Gasteiger partial charge < -0.3 is 4.74 Å². The Bertz CT molecular complexity index is 393. The highest BCUT2D eigenvalue weighted by atomic mass is 19.4. The lowest BCUT2D eigenvalue weighted by atomic mass is 10.1. The van der Waals surface area contributed by atoms with Crippen LogP contribution in [0, 0.1) is 18.3 Å². The summed E-state index contributed by atoms with van der Waals surface area (Å²) >= 11 is 0. The van der Waals surface area contributed by atoms with Crippen LogP contribution in [0.3, 0.4) is 0 Å². The number of nitriles is 1. The van der Waals surface area contributed by atoms with E-state index in [-0.39, 0.29) is 11.3 Å². The van der Waals surface area contributed by atoms with Crippen LogP contribution in [0.25, 0.3) is 0 Å². The minimum absolute atomic E-state index is 0.0326. The third kappa shape index (κ3) is 3.17. The molecule has 0 fully saturated rings. The molecule has 1 aromatic rings. The van der Waals surface area contributed by atoms with Crippen molar-refractivity contribution in [2.75, 3.05) is 6.61 Å². The van der Waals surface area contributed by atoms with Crippen molar-refractivity contribution in [3.05, 3.63) is 29.3 Å². The van der Waals surface area contributed by atoms with Gasteiger partial charge in [0, 0.05) is 0 Å². The standard InChI is InChI=1S/C10H8F3NO/c1-7-3-2-4-9(8(7)5-14)15-6-10(11,12)13/h2-4H,6H2,1H3. The van der Waals surface area contributed by atoms with E-state index >= 15 is 0 Å². The second-order valence-corrected chi connectivity index (χ2v) is 2.96. The predicted octanol–water partition coefficient (Wildman–Crippen LogP) is 2.81. The first-order valence-corrected chi connectivity index (χ1v) is 4.13. The zero-order valence-corrected chi connectivity index (χ0v) is 7.93. The maximum absolute atomic E-state index is 11.9. The molecule has 0 bridgehead atoms. The fraction of sp³-hybridized carbons (Fsp3) is 0.300. The van der Waals surface area contributed by atoms with Crippen molar-refractivity contribution in [3.63, 3.8) is 0 Å². The van der Waals surface area contributed by atoms with Gasteiger partial charge in [0.25, 0.3) is 0 Å². The van der Waals surface area contributed by atoms with Crippen molar-refractivity contribution in [3.8, 4) is 11.8 Å². The monoisotopic (exact) mass is 215 g/mol. The Kier molecular flexibility index (Phi) is 3.20. The van der Waals surface area contributed by atoms with E-state index in [4.69, 9.17) is 5.26 Å². The molecule has 15 heavy (non-hydrogen) atoms. The van der Waals surface area contributed by atoms with E-state index in [9.17, 15) is 13.2 Å². The Morgan fingerprint density at radius 3 is 2.60 bits per heavy atom. The summed E-state index contributed by atoms with van der Waals surface area (Å²) in [4.78, 5) is 0. The van der Waals surface area contributed by atoms with Crippen molar-refractivity contribution >= 4 is 0 Å². The average molecular weight is 215 g/mol. The first-order valence-electron chi connectivity index (χ1n) is 4.13. The van der Waals surface area contributed by atoms with Crippen LogP contribution in [0.1, 0.15) is 11.1 Å². The van der Waals surface area contributed by atoms with Crippen LogP contribution in [0.4, 0.5) is 13.2 Å². The Labute approximate surface area is 84.9 Å². The summed E-state index contributed by atoms with van der Waals surface area (Å²) in [6.07, 6.45) is -4.39. The summed E-state index contributed by atoms with van der Waals surface area (Å²) in [5.41, 5.74) is 0.735. The van der Waals surface area contributed by atoms with Gasteiger partial charge >= 0.3 is 6.18 Å². The third-order valence-electron chi connectivity index (χ3n) is 1.74. The van der Waals surface area contributed by atoms with Crippen molar-refractivity contribution in [1.29, 1.82) is 5.26 Å². The number of aryl methyl sites for hydroxylation is 1. The Morgan fingerprint density at radius 1 is 1.40 bits per heavy atom. The number of ether oxygens (including phenoxy) is 1. The Morgan fingerprint density at radius 2 is 2.07 bits per heavy atom. The van der Waals surface area contributed by atoms with Crippen LogP contribution in [0.5, 0.6) is 5.75 Å². The molecule has 1 rings (SSSR count). The number of halogens is 3. The highest BCUT2D eigenvalue weighted by Gasteiger charge is 2.28. The first-order chi connectivity index (χ1) is 6.94. The summed E-state index contributed by atoms with van der Waals surface area (Å²) in [5.74, 6) is -0.0326. The lowest BCUT2D eigenvalue weighted by molar-refractivity contribution is -0.153. The SMILES string of the molecule is Cc1cccc(OCC(F)(F)F)c1C#N. The van der Waals surface area contributed by atoms with E-state index in [0.717, 1.165) is 0 Å². The van der Waals surface area contributed by atoms with Gasteiger partial charge in [0.1, 0.15) is 11.8 Å². The average Bonchev–Trinajstić information content (AvgIpc) is 2.13. The molecule has 0 aliphatic carbocycles. The molecule has 0 heterocycles. The van der Waals surface area contributed by atoms with Crippen molar-refractivity contribution < 1.29 is 17.9 Å². The summed E-state index contributed by atoms with van der Waals surface area (Å²) in [6.45, 7) is 0.254. The molecule has 1 aromatic carbocycles.